The average molecular weight is 279 g/mol. The van der Waals surface area contributed by atoms with Crippen LogP contribution in [-0.4, -0.2) is 17.4 Å². The van der Waals surface area contributed by atoms with Crippen molar-refractivity contribution in [2.75, 3.05) is 6.54 Å². The second-order valence-electron chi connectivity index (χ2n) is 6.27. The van der Waals surface area contributed by atoms with E-state index in [0.717, 1.165) is 13.0 Å². The maximum atomic E-state index is 12.4. The van der Waals surface area contributed by atoms with Crippen LogP contribution in [0.1, 0.15) is 31.0 Å². The van der Waals surface area contributed by atoms with Crippen LogP contribution in [0.25, 0.3) is 0 Å². The van der Waals surface area contributed by atoms with Crippen LogP contribution >= 0.6 is 0 Å². The van der Waals surface area contributed by atoms with E-state index in [2.05, 4.69) is 24.3 Å². The summed E-state index contributed by atoms with van der Waals surface area (Å²) in [4.78, 5) is 14.4. The van der Waals surface area contributed by atoms with Crippen molar-refractivity contribution in [3.8, 4) is 0 Å². The van der Waals surface area contributed by atoms with Gasteiger partial charge < -0.3 is 4.90 Å². The van der Waals surface area contributed by atoms with Crippen LogP contribution in [0.5, 0.6) is 0 Å². The highest BCUT2D eigenvalue weighted by molar-refractivity contribution is 5.89. The Labute approximate surface area is 126 Å². The fraction of sp³-hybridized carbons (Fsp3) is 0.316. The van der Waals surface area contributed by atoms with Crippen molar-refractivity contribution in [2.45, 2.75) is 26.3 Å². The summed E-state index contributed by atoms with van der Waals surface area (Å²) < 4.78 is 0. The monoisotopic (exact) mass is 279 g/mol. The minimum Gasteiger partial charge on any atom is -0.334 e. The topological polar surface area (TPSA) is 20.3 Å². The lowest BCUT2D eigenvalue weighted by molar-refractivity contribution is -0.168. The molecule has 2 heteroatoms. The number of hydrogen-bond donors (Lipinski definition) is 0. The molecule has 0 spiro atoms. The zero-order valence-corrected chi connectivity index (χ0v) is 12.6. The third-order valence-electron chi connectivity index (χ3n) is 4.41. The quantitative estimate of drug-likeness (QED) is 0.779. The molecule has 1 aliphatic rings. The molecule has 2 aromatic carbocycles. The number of β-lactam (4-membered cyclic amide) rings is 1. The molecule has 1 heterocycles. The van der Waals surface area contributed by atoms with Gasteiger partial charge in [0.15, 0.2) is 0 Å². The van der Waals surface area contributed by atoms with Crippen molar-refractivity contribution in [1.82, 2.24) is 4.90 Å². The summed E-state index contributed by atoms with van der Waals surface area (Å²) >= 11 is 0. The molecule has 1 unspecified atom stereocenters. The van der Waals surface area contributed by atoms with E-state index in [1.165, 1.54) is 11.1 Å². The van der Waals surface area contributed by atoms with Crippen molar-refractivity contribution in [1.29, 1.82) is 0 Å². The first-order chi connectivity index (χ1) is 10.1. The van der Waals surface area contributed by atoms with Gasteiger partial charge in [0.1, 0.15) is 0 Å². The molecule has 1 amide bonds. The molecule has 21 heavy (non-hydrogen) atoms. The Bertz CT molecular complexity index is 619. The molecule has 2 nitrogen and oxygen atoms in total. The summed E-state index contributed by atoms with van der Waals surface area (Å²) in [6.45, 7) is 4.88. The number of likely N-dealkylation sites (tertiary alicyclic amines) is 1. The SMILES string of the molecule is CC1(C)C(=O)N(CCc2ccccc2)C1c1ccccc1. The van der Waals surface area contributed by atoms with E-state index in [9.17, 15) is 4.79 Å². The van der Waals surface area contributed by atoms with E-state index in [1.54, 1.807) is 0 Å². The standard InChI is InChI=1S/C19H21NO/c1-19(2)17(16-11-7-4-8-12-16)20(18(19)21)14-13-15-9-5-3-6-10-15/h3-12,17H,13-14H2,1-2H3. The van der Waals surface area contributed by atoms with Gasteiger partial charge in [0.25, 0.3) is 0 Å². The zero-order valence-electron chi connectivity index (χ0n) is 12.6. The van der Waals surface area contributed by atoms with E-state index in [4.69, 9.17) is 0 Å². The molecular formula is C19H21NO. The van der Waals surface area contributed by atoms with Crippen LogP contribution < -0.4 is 0 Å². The first kappa shape index (κ1) is 13.9. The molecule has 108 valence electrons. The van der Waals surface area contributed by atoms with E-state index in [0.29, 0.717) is 0 Å². The first-order valence-electron chi connectivity index (χ1n) is 7.50. The predicted molar refractivity (Wildman–Crippen MR) is 84.8 cm³/mol. The Kier molecular flexibility index (Phi) is 3.54. The van der Waals surface area contributed by atoms with Gasteiger partial charge in [-0.2, -0.15) is 0 Å². The normalized spacial score (nSPS) is 20.2. The van der Waals surface area contributed by atoms with Crippen molar-refractivity contribution in [3.63, 3.8) is 0 Å². The molecule has 0 N–H and O–H groups in total. The van der Waals surface area contributed by atoms with E-state index >= 15 is 0 Å². The molecule has 0 radical (unpaired) electrons. The number of nitrogens with zero attached hydrogens (tertiary/aromatic N) is 1. The number of carbonyl (C=O) groups is 1. The third kappa shape index (κ3) is 2.46. The second kappa shape index (κ2) is 5.36. The highest BCUT2D eigenvalue weighted by Gasteiger charge is 2.54. The van der Waals surface area contributed by atoms with Crippen LogP contribution in [0.4, 0.5) is 0 Å². The lowest BCUT2D eigenvalue weighted by atomic mass is 9.70. The van der Waals surface area contributed by atoms with Crippen LogP contribution in [-0.2, 0) is 11.2 Å². The van der Waals surface area contributed by atoms with Crippen LogP contribution in [0.15, 0.2) is 60.7 Å². The third-order valence-corrected chi connectivity index (χ3v) is 4.41. The van der Waals surface area contributed by atoms with Gasteiger partial charge in [-0.1, -0.05) is 60.7 Å². The Balaban J connectivity index is 1.76. The van der Waals surface area contributed by atoms with Crippen molar-refractivity contribution in [2.24, 2.45) is 5.41 Å². The van der Waals surface area contributed by atoms with Crippen LogP contribution in [0.3, 0.4) is 0 Å². The van der Waals surface area contributed by atoms with Crippen LogP contribution in [0.2, 0.25) is 0 Å². The lowest BCUT2D eigenvalue weighted by Gasteiger charge is -2.53. The molecule has 0 saturated carbocycles. The average Bonchev–Trinajstić information content (AvgIpc) is 2.52. The first-order valence-corrected chi connectivity index (χ1v) is 7.50. The predicted octanol–water partition coefficient (Wildman–Crippen LogP) is 3.84. The molecule has 1 atom stereocenters. The summed E-state index contributed by atoms with van der Waals surface area (Å²) in [5.41, 5.74) is 2.22. The minimum absolute atomic E-state index is 0.190. The Morgan fingerprint density at radius 2 is 1.52 bits per heavy atom. The fourth-order valence-electron chi connectivity index (χ4n) is 3.28. The largest absolute Gasteiger partial charge is 0.334 e. The molecule has 2 aromatic rings. The number of hydrogen-bond acceptors (Lipinski definition) is 1. The molecule has 1 saturated heterocycles. The molecule has 3 rings (SSSR count). The maximum Gasteiger partial charge on any atom is 0.231 e. The molecule has 0 aromatic heterocycles. The summed E-state index contributed by atoms with van der Waals surface area (Å²) in [6, 6.07) is 20.9. The van der Waals surface area contributed by atoms with Gasteiger partial charge in [0.05, 0.1) is 11.5 Å². The zero-order chi connectivity index (χ0) is 14.9. The summed E-state index contributed by atoms with van der Waals surface area (Å²) in [5, 5.41) is 0. The van der Waals surface area contributed by atoms with Crippen molar-refractivity contribution < 1.29 is 4.79 Å². The Hall–Kier alpha value is -2.09. The summed E-state index contributed by atoms with van der Waals surface area (Å²) in [6.07, 6.45) is 0.909. The minimum atomic E-state index is -0.294. The highest BCUT2D eigenvalue weighted by Crippen LogP contribution is 2.49. The Morgan fingerprint density at radius 3 is 2.14 bits per heavy atom. The molecule has 1 fully saturated rings. The van der Waals surface area contributed by atoms with Gasteiger partial charge >= 0.3 is 0 Å². The number of rotatable bonds is 4. The van der Waals surface area contributed by atoms with Gasteiger partial charge in [0, 0.05) is 6.54 Å². The van der Waals surface area contributed by atoms with Gasteiger partial charge in [-0.25, -0.2) is 0 Å². The van der Waals surface area contributed by atoms with Crippen molar-refractivity contribution in [3.05, 3.63) is 71.8 Å². The number of benzene rings is 2. The van der Waals surface area contributed by atoms with E-state index < -0.39 is 0 Å². The van der Waals surface area contributed by atoms with Crippen LogP contribution in [0, 0.1) is 5.41 Å². The molecule has 0 bridgehead atoms. The maximum absolute atomic E-state index is 12.4. The Morgan fingerprint density at radius 1 is 0.952 bits per heavy atom. The highest BCUT2D eigenvalue weighted by atomic mass is 16.2. The molecular weight excluding hydrogens is 258 g/mol. The number of carbonyl (C=O) groups excluding carboxylic acids is 1. The van der Waals surface area contributed by atoms with E-state index in [1.807, 2.05) is 55.1 Å². The lowest BCUT2D eigenvalue weighted by Crippen LogP contribution is -2.60. The second-order valence-corrected chi connectivity index (χ2v) is 6.27. The van der Waals surface area contributed by atoms with Crippen molar-refractivity contribution >= 4 is 5.91 Å². The summed E-state index contributed by atoms with van der Waals surface area (Å²) in [5.74, 6) is 0.257. The molecule has 1 aliphatic heterocycles. The van der Waals surface area contributed by atoms with E-state index in [-0.39, 0.29) is 17.4 Å². The van der Waals surface area contributed by atoms with Gasteiger partial charge in [-0.05, 0) is 31.4 Å². The number of amides is 1. The van der Waals surface area contributed by atoms with Gasteiger partial charge in [0.2, 0.25) is 5.91 Å². The molecule has 0 aliphatic carbocycles. The fourth-order valence-corrected chi connectivity index (χ4v) is 3.28. The smallest absolute Gasteiger partial charge is 0.231 e. The van der Waals surface area contributed by atoms with Gasteiger partial charge in [-0.3, -0.25) is 4.79 Å². The summed E-state index contributed by atoms with van der Waals surface area (Å²) in [7, 11) is 0. The van der Waals surface area contributed by atoms with Gasteiger partial charge in [-0.15, -0.1) is 0 Å².